The van der Waals surface area contributed by atoms with Crippen LogP contribution in [-0.2, 0) is 10.5 Å². The van der Waals surface area contributed by atoms with Crippen LogP contribution in [0.4, 0.5) is 10.3 Å². The monoisotopic (exact) mass is 492 g/mol. The molecule has 0 spiro atoms. The van der Waals surface area contributed by atoms with Crippen LogP contribution in [0.2, 0.25) is 0 Å². The molecule has 0 N–H and O–H groups in total. The number of morpholine rings is 1. The Morgan fingerprint density at radius 1 is 1.07 bits per heavy atom. The van der Waals surface area contributed by atoms with E-state index >= 15 is 0 Å². The van der Waals surface area contributed by atoms with E-state index in [1.165, 1.54) is 23.9 Å². The first-order valence-corrected chi connectivity index (χ1v) is 11.2. The summed E-state index contributed by atoms with van der Waals surface area (Å²) in [7, 11) is 0. The molecule has 0 amide bonds. The standard InChI is InChI=1S/C20H18BrFN4O3S/c21-16-10-18-17(28-12-29-18)8-13(16)11-30-20-24-23-19(25-4-6-27-7-5-25)26(20)15-3-1-2-14(22)9-15/h1-3,8-10H,4-7,11-12H2. The number of anilines is 1. The van der Waals surface area contributed by atoms with Gasteiger partial charge in [0.25, 0.3) is 0 Å². The summed E-state index contributed by atoms with van der Waals surface area (Å²) < 4.78 is 33.2. The van der Waals surface area contributed by atoms with E-state index in [9.17, 15) is 4.39 Å². The van der Waals surface area contributed by atoms with Crippen molar-refractivity contribution in [1.82, 2.24) is 14.8 Å². The van der Waals surface area contributed by atoms with E-state index in [1.54, 1.807) is 6.07 Å². The molecule has 2 aromatic carbocycles. The minimum absolute atomic E-state index is 0.231. The summed E-state index contributed by atoms with van der Waals surface area (Å²) in [6, 6.07) is 10.3. The molecule has 0 saturated carbocycles. The first-order valence-electron chi connectivity index (χ1n) is 9.44. The topological polar surface area (TPSA) is 61.6 Å². The van der Waals surface area contributed by atoms with Gasteiger partial charge in [0.15, 0.2) is 16.7 Å². The smallest absolute Gasteiger partial charge is 0.232 e. The van der Waals surface area contributed by atoms with Crippen LogP contribution >= 0.6 is 27.7 Å². The molecule has 7 nitrogen and oxygen atoms in total. The molecule has 2 aliphatic heterocycles. The van der Waals surface area contributed by atoms with Crippen molar-refractivity contribution in [2.45, 2.75) is 10.9 Å². The van der Waals surface area contributed by atoms with Crippen molar-refractivity contribution in [2.24, 2.45) is 0 Å². The minimum atomic E-state index is -0.302. The summed E-state index contributed by atoms with van der Waals surface area (Å²) in [6.45, 7) is 2.91. The molecule has 1 aromatic heterocycles. The number of fused-ring (bicyclic) bond motifs is 1. The Kier molecular flexibility index (Phi) is 5.53. The molecule has 0 aliphatic carbocycles. The summed E-state index contributed by atoms with van der Waals surface area (Å²) in [4.78, 5) is 2.11. The zero-order chi connectivity index (χ0) is 20.5. The molecule has 10 heteroatoms. The summed E-state index contributed by atoms with van der Waals surface area (Å²) >= 11 is 5.13. The van der Waals surface area contributed by atoms with Crippen molar-refractivity contribution < 1.29 is 18.6 Å². The maximum atomic E-state index is 14.0. The van der Waals surface area contributed by atoms with Gasteiger partial charge in [0.1, 0.15) is 5.82 Å². The number of aromatic nitrogens is 3. The van der Waals surface area contributed by atoms with Gasteiger partial charge in [0, 0.05) is 23.3 Å². The number of hydrogen-bond donors (Lipinski definition) is 0. The third-order valence-electron chi connectivity index (χ3n) is 4.87. The van der Waals surface area contributed by atoms with Gasteiger partial charge in [0.2, 0.25) is 12.7 Å². The van der Waals surface area contributed by atoms with Gasteiger partial charge in [-0.3, -0.25) is 4.57 Å². The number of halogens is 2. The van der Waals surface area contributed by atoms with Gasteiger partial charge in [-0.25, -0.2) is 4.39 Å². The van der Waals surface area contributed by atoms with Crippen LogP contribution in [0.5, 0.6) is 11.5 Å². The van der Waals surface area contributed by atoms with Crippen LogP contribution in [0, 0.1) is 5.82 Å². The molecule has 2 aliphatic rings. The minimum Gasteiger partial charge on any atom is -0.454 e. The highest BCUT2D eigenvalue weighted by Gasteiger charge is 2.23. The van der Waals surface area contributed by atoms with Gasteiger partial charge in [-0.05, 0) is 35.9 Å². The van der Waals surface area contributed by atoms with Crippen LogP contribution in [-0.4, -0.2) is 47.9 Å². The second kappa shape index (κ2) is 8.44. The molecule has 0 bridgehead atoms. The van der Waals surface area contributed by atoms with Crippen molar-refractivity contribution in [3.05, 3.63) is 52.3 Å². The van der Waals surface area contributed by atoms with Crippen molar-refractivity contribution in [1.29, 1.82) is 0 Å². The largest absolute Gasteiger partial charge is 0.454 e. The highest BCUT2D eigenvalue weighted by molar-refractivity contribution is 9.10. The summed E-state index contributed by atoms with van der Waals surface area (Å²) in [5, 5.41) is 9.52. The van der Waals surface area contributed by atoms with Gasteiger partial charge in [-0.15, -0.1) is 10.2 Å². The molecule has 3 heterocycles. The fourth-order valence-corrected chi connectivity index (χ4v) is 4.96. The number of hydrogen-bond acceptors (Lipinski definition) is 7. The van der Waals surface area contributed by atoms with Crippen molar-refractivity contribution in [3.8, 4) is 17.2 Å². The Labute approximate surface area is 185 Å². The lowest BCUT2D eigenvalue weighted by molar-refractivity contribution is 0.122. The predicted molar refractivity (Wildman–Crippen MR) is 114 cm³/mol. The molecule has 156 valence electrons. The third kappa shape index (κ3) is 3.86. The zero-order valence-electron chi connectivity index (χ0n) is 15.9. The van der Waals surface area contributed by atoms with Gasteiger partial charge in [-0.1, -0.05) is 33.8 Å². The molecule has 1 saturated heterocycles. The summed E-state index contributed by atoms with van der Waals surface area (Å²) in [5.74, 6) is 2.48. The van der Waals surface area contributed by atoms with Crippen molar-refractivity contribution >= 4 is 33.6 Å². The molecule has 0 radical (unpaired) electrons. The number of thioether (sulfide) groups is 1. The number of rotatable bonds is 5. The number of benzene rings is 2. The first-order chi connectivity index (χ1) is 14.7. The van der Waals surface area contributed by atoms with Crippen molar-refractivity contribution in [3.63, 3.8) is 0 Å². The van der Waals surface area contributed by atoms with Crippen molar-refractivity contribution in [2.75, 3.05) is 38.0 Å². The average Bonchev–Trinajstić information content (AvgIpc) is 3.39. The van der Waals surface area contributed by atoms with E-state index in [-0.39, 0.29) is 12.6 Å². The normalized spacial score (nSPS) is 15.6. The third-order valence-corrected chi connectivity index (χ3v) is 6.59. The Balaban J connectivity index is 1.47. The lowest BCUT2D eigenvalue weighted by atomic mass is 10.2. The second-order valence-corrected chi connectivity index (χ2v) is 8.58. The van der Waals surface area contributed by atoms with E-state index in [1.807, 2.05) is 22.8 Å². The molecule has 30 heavy (non-hydrogen) atoms. The van der Waals surface area contributed by atoms with Crippen LogP contribution in [0.25, 0.3) is 5.69 Å². The maximum absolute atomic E-state index is 14.0. The van der Waals surface area contributed by atoms with E-state index in [2.05, 4.69) is 31.0 Å². The zero-order valence-corrected chi connectivity index (χ0v) is 18.3. The first kappa shape index (κ1) is 19.7. The SMILES string of the molecule is Fc1cccc(-n2c(SCc3cc4c(cc3Br)OCO4)nnc2N2CCOCC2)c1. The molecule has 0 unspecified atom stereocenters. The Bertz CT molecular complexity index is 1070. The van der Waals surface area contributed by atoms with Crippen LogP contribution in [0.3, 0.4) is 0 Å². The molecule has 0 atom stereocenters. The fraction of sp³-hybridized carbons (Fsp3) is 0.300. The number of ether oxygens (including phenoxy) is 3. The van der Waals surface area contributed by atoms with Gasteiger partial charge in [-0.2, -0.15) is 0 Å². The highest BCUT2D eigenvalue weighted by Crippen LogP contribution is 2.39. The quantitative estimate of drug-likeness (QED) is 0.498. The predicted octanol–water partition coefficient (Wildman–Crippen LogP) is 4.03. The van der Waals surface area contributed by atoms with E-state index in [0.717, 1.165) is 21.5 Å². The lowest BCUT2D eigenvalue weighted by Crippen LogP contribution is -2.37. The van der Waals surface area contributed by atoms with E-state index in [4.69, 9.17) is 14.2 Å². The van der Waals surface area contributed by atoms with Crippen LogP contribution in [0.15, 0.2) is 46.0 Å². The lowest BCUT2D eigenvalue weighted by Gasteiger charge is -2.27. The molecular weight excluding hydrogens is 475 g/mol. The Morgan fingerprint density at radius 2 is 1.87 bits per heavy atom. The van der Waals surface area contributed by atoms with Gasteiger partial charge in [0.05, 0.1) is 18.9 Å². The van der Waals surface area contributed by atoms with E-state index in [0.29, 0.717) is 48.8 Å². The summed E-state index contributed by atoms with van der Waals surface area (Å²) in [6.07, 6.45) is 0. The molecule has 1 fully saturated rings. The second-order valence-electron chi connectivity index (χ2n) is 6.78. The Hall–Kier alpha value is -2.30. The van der Waals surface area contributed by atoms with E-state index < -0.39 is 0 Å². The molecule has 5 rings (SSSR count). The average molecular weight is 493 g/mol. The highest BCUT2D eigenvalue weighted by atomic mass is 79.9. The number of nitrogens with zero attached hydrogens (tertiary/aromatic N) is 4. The fourth-order valence-electron chi connectivity index (χ4n) is 3.38. The summed E-state index contributed by atoms with van der Waals surface area (Å²) in [5.41, 5.74) is 1.74. The molecule has 3 aromatic rings. The van der Waals surface area contributed by atoms with Gasteiger partial charge >= 0.3 is 0 Å². The van der Waals surface area contributed by atoms with Crippen LogP contribution < -0.4 is 14.4 Å². The van der Waals surface area contributed by atoms with Gasteiger partial charge < -0.3 is 19.1 Å². The molecular formula is C20H18BrFN4O3S. The van der Waals surface area contributed by atoms with Crippen LogP contribution in [0.1, 0.15) is 5.56 Å². The Morgan fingerprint density at radius 3 is 2.67 bits per heavy atom. The maximum Gasteiger partial charge on any atom is 0.232 e.